The molecule has 2 aromatic rings. The maximum atomic E-state index is 12.3. The number of aryl methyl sites for hydroxylation is 1. The summed E-state index contributed by atoms with van der Waals surface area (Å²) in [4.78, 5) is 16.8. The fourth-order valence-corrected chi connectivity index (χ4v) is 3.69. The van der Waals surface area contributed by atoms with Crippen molar-refractivity contribution < 1.29 is 4.79 Å². The summed E-state index contributed by atoms with van der Waals surface area (Å²) in [6.07, 6.45) is 0. The topological polar surface area (TPSA) is 35.6 Å². The molecule has 0 saturated carbocycles. The first-order chi connectivity index (χ1) is 12.0. The predicted octanol–water partition coefficient (Wildman–Crippen LogP) is 4.17. The lowest BCUT2D eigenvalue weighted by Gasteiger charge is -2.35. The average Bonchev–Trinajstić information content (AvgIpc) is 2.58. The van der Waals surface area contributed by atoms with Gasteiger partial charge in [0.15, 0.2) is 0 Å². The minimum atomic E-state index is -0.0340. The fraction of sp³-hybridized carbons (Fsp3) is 0.316. The van der Waals surface area contributed by atoms with Crippen LogP contribution in [0.25, 0.3) is 0 Å². The molecule has 1 heterocycles. The minimum Gasteiger partial charge on any atom is -0.369 e. The van der Waals surface area contributed by atoms with Gasteiger partial charge in [0.25, 0.3) is 0 Å². The first-order valence-electron chi connectivity index (χ1n) is 8.30. The maximum absolute atomic E-state index is 12.3. The van der Waals surface area contributed by atoms with E-state index in [1.54, 1.807) is 12.1 Å². The van der Waals surface area contributed by atoms with Crippen molar-refractivity contribution in [3.63, 3.8) is 0 Å². The van der Waals surface area contributed by atoms with E-state index in [0.29, 0.717) is 17.3 Å². The maximum Gasteiger partial charge on any atom is 0.238 e. The summed E-state index contributed by atoms with van der Waals surface area (Å²) in [5.74, 6) is -0.0340. The SMILES string of the molecule is Cc1cccc(N2CCN(CC(=O)Nc3ccc(Br)cc3Cl)CC2)c1. The van der Waals surface area contributed by atoms with Crippen molar-refractivity contribution in [3.05, 3.63) is 57.5 Å². The van der Waals surface area contributed by atoms with Crippen molar-refractivity contribution in [1.82, 2.24) is 4.90 Å². The molecule has 0 bridgehead atoms. The molecule has 0 aliphatic carbocycles. The number of piperazine rings is 1. The second-order valence-electron chi connectivity index (χ2n) is 6.27. The number of nitrogens with zero attached hydrogens (tertiary/aromatic N) is 2. The molecular formula is C19H21BrClN3O. The second kappa shape index (κ2) is 8.21. The monoisotopic (exact) mass is 421 g/mol. The molecule has 1 saturated heterocycles. The number of carbonyl (C=O) groups is 1. The molecular weight excluding hydrogens is 402 g/mol. The van der Waals surface area contributed by atoms with Crippen LogP contribution in [0.1, 0.15) is 5.56 Å². The zero-order chi connectivity index (χ0) is 17.8. The molecule has 1 N–H and O–H groups in total. The van der Waals surface area contributed by atoms with Crippen molar-refractivity contribution in [3.8, 4) is 0 Å². The smallest absolute Gasteiger partial charge is 0.238 e. The van der Waals surface area contributed by atoms with E-state index in [-0.39, 0.29) is 5.91 Å². The van der Waals surface area contributed by atoms with Gasteiger partial charge in [0.1, 0.15) is 0 Å². The number of carbonyl (C=O) groups excluding carboxylic acids is 1. The summed E-state index contributed by atoms with van der Waals surface area (Å²) in [6, 6.07) is 14.0. The number of halogens is 2. The van der Waals surface area contributed by atoms with Gasteiger partial charge >= 0.3 is 0 Å². The highest BCUT2D eigenvalue weighted by molar-refractivity contribution is 9.10. The Balaban J connectivity index is 1.51. The lowest BCUT2D eigenvalue weighted by molar-refractivity contribution is -0.117. The van der Waals surface area contributed by atoms with Gasteiger partial charge in [-0.2, -0.15) is 0 Å². The van der Waals surface area contributed by atoms with E-state index in [1.807, 2.05) is 6.07 Å². The molecule has 1 aliphatic heterocycles. The number of amides is 1. The Labute approximate surface area is 161 Å². The summed E-state index contributed by atoms with van der Waals surface area (Å²) in [5, 5.41) is 3.42. The van der Waals surface area contributed by atoms with Gasteiger partial charge in [-0.15, -0.1) is 0 Å². The van der Waals surface area contributed by atoms with E-state index in [9.17, 15) is 4.79 Å². The third-order valence-electron chi connectivity index (χ3n) is 4.31. The molecule has 2 aromatic carbocycles. The third kappa shape index (κ3) is 4.97. The Kier molecular flexibility index (Phi) is 5.99. The van der Waals surface area contributed by atoms with Crippen LogP contribution in [0.4, 0.5) is 11.4 Å². The van der Waals surface area contributed by atoms with E-state index < -0.39 is 0 Å². The molecule has 6 heteroatoms. The Morgan fingerprint density at radius 3 is 2.60 bits per heavy atom. The largest absolute Gasteiger partial charge is 0.369 e. The van der Waals surface area contributed by atoms with Crippen molar-refractivity contribution in [2.75, 3.05) is 42.9 Å². The highest BCUT2D eigenvalue weighted by Gasteiger charge is 2.19. The molecule has 4 nitrogen and oxygen atoms in total. The van der Waals surface area contributed by atoms with Crippen LogP contribution in [0.2, 0.25) is 5.02 Å². The molecule has 132 valence electrons. The molecule has 0 unspecified atom stereocenters. The number of benzene rings is 2. The van der Waals surface area contributed by atoms with Crippen LogP contribution in [0, 0.1) is 6.92 Å². The zero-order valence-corrected chi connectivity index (χ0v) is 16.5. The Bertz CT molecular complexity index is 760. The summed E-state index contributed by atoms with van der Waals surface area (Å²) in [5.41, 5.74) is 3.17. The summed E-state index contributed by atoms with van der Waals surface area (Å²) < 4.78 is 0.891. The van der Waals surface area contributed by atoms with Crippen LogP contribution in [0.5, 0.6) is 0 Å². The Morgan fingerprint density at radius 1 is 1.16 bits per heavy atom. The lowest BCUT2D eigenvalue weighted by Crippen LogP contribution is -2.48. The van der Waals surface area contributed by atoms with Crippen LogP contribution >= 0.6 is 27.5 Å². The van der Waals surface area contributed by atoms with Gasteiger partial charge in [0.2, 0.25) is 5.91 Å². The second-order valence-corrected chi connectivity index (χ2v) is 7.60. The summed E-state index contributed by atoms with van der Waals surface area (Å²) in [6.45, 7) is 6.09. The Morgan fingerprint density at radius 2 is 1.92 bits per heavy atom. The van der Waals surface area contributed by atoms with Gasteiger partial charge in [-0.3, -0.25) is 9.69 Å². The minimum absolute atomic E-state index is 0.0340. The number of anilines is 2. The molecule has 0 atom stereocenters. The third-order valence-corrected chi connectivity index (χ3v) is 5.12. The quantitative estimate of drug-likeness (QED) is 0.803. The van der Waals surface area contributed by atoms with Gasteiger partial charge in [0, 0.05) is 36.3 Å². The van der Waals surface area contributed by atoms with Crippen LogP contribution in [-0.4, -0.2) is 43.5 Å². The van der Waals surface area contributed by atoms with Crippen LogP contribution in [0.3, 0.4) is 0 Å². The normalized spacial score (nSPS) is 15.2. The molecule has 0 radical (unpaired) electrons. The lowest BCUT2D eigenvalue weighted by atomic mass is 10.2. The zero-order valence-electron chi connectivity index (χ0n) is 14.1. The number of hydrogen-bond acceptors (Lipinski definition) is 3. The first kappa shape index (κ1) is 18.2. The van der Waals surface area contributed by atoms with E-state index in [0.717, 1.165) is 30.7 Å². The predicted molar refractivity (Wildman–Crippen MR) is 108 cm³/mol. The fourth-order valence-electron chi connectivity index (χ4n) is 2.97. The Hall–Kier alpha value is -1.56. The number of rotatable bonds is 4. The van der Waals surface area contributed by atoms with E-state index in [1.165, 1.54) is 11.3 Å². The molecule has 1 fully saturated rings. The van der Waals surface area contributed by atoms with E-state index >= 15 is 0 Å². The average molecular weight is 423 g/mol. The van der Waals surface area contributed by atoms with Crippen molar-refractivity contribution >= 4 is 44.8 Å². The van der Waals surface area contributed by atoms with Gasteiger partial charge in [-0.1, -0.05) is 39.7 Å². The van der Waals surface area contributed by atoms with Crippen LogP contribution in [-0.2, 0) is 4.79 Å². The summed E-state index contributed by atoms with van der Waals surface area (Å²) in [7, 11) is 0. The molecule has 0 aromatic heterocycles. The standard InChI is InChI=1S/C19H21BrClN3O/c1-14-3-2-4-16(11-14)24-9-7-23(8-10-24)13-19(25)22-18-6-5-15(20)12-17(18)21/h2-6,11-12H,7-10,13H2,1H3,(H,22,25). The van der Waals surface area contributed by atoms with Gasteiger partial charge in [-0.25, -0.2) is 0 Å². The van der Waals surface area contributed by atoms with Gasteiger partial charge in [-0.05, 0) is 42.8 Å². The van der Waals surface area contributed by atoms with Crippen LogP contribution < -0.4 is 10.2 Å². The summed E-state index contributed by atoms with van der Waals surface area (Å²) >= 11 is 9.51. The van der Waals surface area contributed by atoms with Crippen LogP contribution in [0.15, 0.2) is 46.9 Å². The molecule has 1 amide bonds. The van der Waals surface area contributed by atoms with Crippen molar-refractivity contribution in [2.24, 2.45) is 0 Å². The van der Waals surface area contributed by atoms with Gasteiger partial charge < -0.3 is 10.2 Å². The number of nitrogens with one attached hydrogen (secondary N) is 1. The molecule has 3 rings (SSSR count). The molecule has 25 heavy (non-hydrogen) atoms. The highest BCUT2D eigenvalue weighted by Crippen LogP contribution is 2.25. The van der Waals surface area contributed by atoms with E-state index in [4.69, 9.17) is 11.6 Å². The number of hydrogen-bond donors (Lipinski definition) is 1. The van der Waals surface area contributed by atoms with Gasteiger partial charge in [0.05, 0.1) is 17.3 Å². The molecule has 0 spiro atoms. The van der Waals surface area contributed by atoms with E-state index in [2.05, 4.69) is 62.2 Å². The molecule has 1 aliphatic rings. The highest BCUT2D eigenvalue weighted by atomic mass is 79.9. The first-order valence-corrected chi connectivity index (χ1v) is 9.47. The van der Waals surface area contributed by atoms with Crippen molar-refractivity contribution in [2.45, 2.75) is 6.92 Å². The van der Waals surface area contributed by atoms with Crippen molar-refractivity contribution in [1.29, 1.82) is 0 Å².